The monoisotopic (exact) mass is 202 g/mol. The molecule has 0 spiro atoms. The van der Waals surface area contributed by atoms with Crippen molar-refractivity contribution in [3.8, 4) is 5.69 Å². The van der Waals surface area contributed by atoms with Gasteiger partial charge in [0.15, 0.2) is 5.82 Å². The molecule has 78 valence electrons. The van der Waals surface area contributed by atoms with Crippen LogP contribution in [0.2, 0.25) is 0 Å². The average molecular weight is 202 g/mol. The molecule has 1 aromatic carbocycles. The third-order valence-corrected chi connectivity index (χ3v) is 2.16. The predicted octanol–water partition coefficient (Wildman–Crippen LogP) is 1.03. The Morgan fingerprint density at radius 1 is 1.27 bits per heavy atom. The fraction of sp³-hybridized carbons (Fsp3) is 0.273. The summed E-state index contributed by atoms with van der Waals surface area (Å²) in [5, 5.41) is 7.46. The van der Waals surface area contributed by atoms with Crippen molar-refractivity contribution < 1.29 is 0 Å². The van der Waals surface area contributed by atoms with Crippen molar-refractivity contribution in [2.45, 2.75) is 6.42 Å². The van der Waals surface area contributed by atoms with E-state index in [1.165, 1.54) is 0 Å². The van der Waals surface area contributed by atoms with E-state index in [0.29, 0.717) is 0 Å². The molecule has 0 bridgehead atoms. The Kier molecular flexibility index (Phi) is 3.09. The molecular weight excluding hydrogens is 188 g/mol. The van der Waals surface area contributed by atoms with E-state index in [9.17, 15) is 0 Å². The van der Waals surface area contributed by atoms with Gasteiger partial charge in [-0.25, -0.2) is 9.67 Å². The van der Waals surface area contributed by atoms with Crippen molar-refractivity contribution >= 4 is 0 Å². The predicted molar refractivity (Wildman–Crippen MR) is 59.0 cm³/mol. The Labute approximate surface area is 89.0 Å². The van der Waals surface area contributed by atoms with E-state index < -0.39 is 0 Å². The maximum Gasteiger partial charge on any atom is 0.152 e. The molecular formula is C11H14N4. The standard InChI is InChI=1S/C11H14N4/c1-12-8-7-11-13-9-15(14-11)10-5-3-2-4-6-10/h2-6,9,12H,7-8H2,1H3. The van der Waals surface area contributed by atoms with Gasteiger partial charge in [-0.15, -0.1) is 0 Å². The first kappa shape index (κ1) is 9.86. The number of benzene rings is 1. The molecule has 0 saturated heterocycles. The number of likely N-dealkylation sites (N-methyl/N-ethyl adjacent to an activating group) is 1. The van der Waals surface area contributed by atoms with Crippen LogP contribution in [0.3, 0.4) is 0 Å². The van der Waals surface area contributed by atoms with Crippen LogP contribution in [0.25, 0.3) is 5.69 Å². The molecule has 0 amide bonds. The molecule has 0 unspecified atom stereocenters. The number of aromatic nitrogens is 3. The molecule has 0 fully saturated rings. The molecule has 1 aromatic heterocycles. The number of hydrogen-bond acceptors (Lipinski definition) is 3. The van der Waals surface area contributed by atoms with Crippen molar-refractivity contribution in [2.24, 2.45) is 0 Å². The zero-order chi connectivity index (χ0) is 10.5. The van der Waals surface area contributed by atoms with Crippen molar-refractivity contribution in [1.82, 2.24) is 20.1 Å². The van der Waals surface area contributed by atoms with Crippen LogP contribution in [0.15, 0.2) is 36.7 Å². The first-order valence-corrected chi connectivity index (χ1v) is 5.01. The summed E-state index contributed by atoms with van der Waals surface area (Å²) in [7, 11) is 1.92. The molecule has 1 heterocycles. The van der Waals surface area contributed by atoms with Gasteiger partial charge in [-0.05, 0) is 19.2 Å². The minimum absolute atomic E-state index is 0.857. The molecule has 4 nitrogen and oxygen atoms in total. The van der Waals surface area contributed by atoms with Crippen molar-refractivity contribution in [1.29, 1.82) is 0 Å². The van der Waals surface area contributed by atoms with Crippen LogP contribution in [0.1, 0.15) is 5.82 Å². The van der Waals surface area contributed by atoms with Gasteiger partial charge in [0.1, 0.15) is 6.33 Å². The second-order valence-corrected chi connectivity index (χ2v) is 3.29. The zero-order valence-corrected chi connectivity index (χ0v) is 8.72. The van der Waals surface area contributed by atoms with Crippen molar-refractivity contribution in [2.75, 3.05) is 13.6 Å². The zero-order valence-electron chi connectivity index (χ0n) is 8.72. The minimum atomic E-state index is 0.857. The van der Waals surface area contributed by atoms with E-state index >= 15 is 0 Å². The highest BCUT2D eigenvalue weighted by atomic mass is 15.3. The summed E-state index contributed by atoms with van der Waals surface area (Å²) in [5.41, 5.74) is 1.04. The highest BCUT2D eigenvalue weighted by Gasteiger charge is 2.00. The van der Waals surface area contributed by atoms with E-state index in [-0.39, 0.29) is 0 Å². The molecule has 2 aromatic rings. The summed E-state index contributed by atoms with van der Waals surface area (Å²) >= 11 is 0. The smallest absolute Gasteiger partial charge is 0.152 e. The Bertz CT molecular complexity index is 408. The maximum absolute atomic E-state index is 4.38. The van der Waals surface area contributed by atoms with Gasteiger partial charge in [0.05, 0.1) is 5.69 Å². The molecule has 4 heteroatoms. The number of para-hydroxylation sites is 1. The normalized spacial score (nSPS) is 10.5. The molecule has 0 atom stereocenters. The second kappa shape index (κ2) is 4.70. The third kappa shape index (κ3) is 2.41. The van der Waals surface area contributed by atoms with Gasteiger partial charge < -0.3 is 5.32 Å². The van der Waals surface area contributed by atoms with Crippen LogP contribution < -0.4 is 5.32 Å². The fourth-order valence-electron chi connectivity index (χ4n) is 1.35. The summed E-state index contributed by atoms with van der Waals surface area (Å²) in [4.78, 5) is 4.24. The second-order valence-electron chi connectivity index (χ2n) is 3.29. The lowest BCUT2D eigenvalue weighted by molar-refractivity contribution is 0.745. The molecule has 0 aliphatic rings. The van der Waals surface area contributed by atoms with Gasteiger partial charge in [0, 0.05) is 13.0 Å². The largest absolute Gasteiger partial charge is 0.319 e. The van der Waals surface area contributed by atoms with Crippen molar-refractivity contribution in [3.05, 3.63) is 42.5 Å². The summed E-state index contributed by atoms with van der Waals surface area (Å²) in [6, 6.07) is 9.99. The lowest BCUT2D eigenvalue weighted by atomic mass is 10.3. The molecule has 0 saturated carbocycles. The van der Waals surface area contributed by atoms with Crippen LogP contribution in [-0.2, 0) is 6.42 Å². The number of hydrogen-bond donors (Lipinski definition) is 1. The van der Waals surface area contributed by atoms with Gasteiger partial charge in [0.2, 0.25) is 0 Å². The fourth-order valence-corrected chi connectivity index (χ4v) is 1.35. The summed E-state index contributed by atoms with van der Waals surface area (Å²) < 4.78 is 1.80. The first-order valence-electron chi connectivity index (χ1n) is 5.01. The minimum Gasteiger partial charge on any atom is -0.319 e. The molecule has 15 heavy (non-hydrogen) atoms. The molecule has 1 N–H and O–H groups in total. The third-order valence-electron chi connectivity index (χ3n) is 2.16. The Hall–Kier alpha value is -1.68. The molecule has 2 rings (SSSR count). The highest BCUT2D eigenvalue weighted by Crippen LogP contribution is 2.04. The van der Waals surface area contributed by atoms with Crippen molar-refractivity contribution in [3.63, 3.8) is 0 Å². The number of rotatable bonds is 4. The molecule has 0 aliphatic carbocycles. The van der Waals surface area contributed by atoms with Crippen LogP contribution in [0.5, 0.6) is 0 Å². The summed E-state index contributed by atoms with van der Waals surface area (Å²) in [5.74, 6) is 0.869. The average Bonchev–Trinajstić information content (AvgIpc) is 2.76. The van der Waals surface area contributed by atoms with E-state index in [1.54, 1.807) is 11.0 Å². The quantitative estimate of drug-likeness (QED) is 0.805. The summed E-state index contributed by atoms with van der Waals surface area (Å²) in [6.45, 7) is 0.902. The Morgan fingerprint density at radius 2 is 2.07 bits per heavy atom. The van der Waals surface area contributed by atoms with E-state index in [0.717, 1.165) is 24.5 Å². The van der Waals surface area contributed by atoms with Gasteiger partial charge in [-0.1, -0.05) is 18.2 Å². The highest BCUT2D eigenvalue weighted by molar-refractivity contribution is 5.29. The van der Waals surface area contributed by atoms with Gasteiger partial charge in [-0.2, -0.15) is 5.10 Å². The number of nitrogens with zero attached hydrogens (tertiary/aromatic N) is 3. The molecule has 0 aliphatic heterocycles. The van der Waals surface area contributed by atoms with E-state index in [4.69, 9.17) is 0 Å². The van der Waals surface area contributed by atoms with Crippen LogP contribution in [0, 0.1) is 0 Å². The molecule has 0 radical (unpaired) electrons. The Balaban J connectivity index is 2.14. The Morgan fingerprint density at radius 3 is 2.80 bits per heavy atom. The SMILES string of the molecule is CNCCc1ncn(-c2ccccc2)n1. The van der Waals surface area contributed by atoms with Gasteiger partial charge in [-0.3, -0.25) is 0 Å². The summed E-state index contributed by atoms with van der Waals surface area (Å²) in [6.07, 6.45) is 2.61. The maximum atomic E-state index is 4.38. The van der Waals surface area contributed by atoms with Gasteiger partial charge >= 0.3 is 0 Å². The lowest BCUT2D eigenvalue weighted by Crippen LogP contribution is -2.11. The van der Waals surface area contributed by atoms with E-state index in [1.807, 2.05) is 37.4 Å². The van der Waals surface area contributed by atoms with Crippen LogP contribution in [-0.4, -0.2) is 28.4 Å². The van der Waals surface area contributed by atoms with Gasteiger partial charge in [0.25, 0.3) is 0 Å². The lowest BCUT2D eigenvalue weighted by Gasteiger charge is -1.98. The van der Waals surface area contributed by atoms with Crippen LogP contribution >= 0.6 is 0 Å². The number of nitrogens with one attached hydrogen (secondary N) is 1. The first-order chi connectivity index (χ1) is 7.40. The topological polar surface area (TPSA) is 42.7 Å². The van der Waals surface area contributed by atoms with Crippen LogP contribution in [0.4, 0.5) is 0 Å². The van der Waals surface area contributed by atoms with E-state index in [2.05, 4.69) is 15.4 Å².